The van der Waals surface area contributed by atoms with Crippen molar-refractivity contribution in [1.82, 2.24) is 16.0 Å². The second-order valence-corrected chi connectivity index (χ2v) is 7.95. The molecule has 4 atom stereocenters. The first-order valence-electron chi connectivity index (χ1n) is 8.72. The number of piperidine rings is 1. The third-order valence-electron chi connectivity index (χ3n) is 4.86. The van der Waals surface area contributed by atoms with Crippen molar-refractivity contribution < 1.29 is 14.3 Å². The summed E-state index contributed by atoms with van der Waals surface area (Å²) in [6, 6.07) is -0.707. The molecule has 0 aromatic heterocycles. The molecule has 23 heavy (non-hydrogen) atoms. The van der Waals surface area contributed by atoms with Gasteiger partial charge in [-0.1, -0.05) is 27.7 Å². The lowest BCUT2D eigenvalue weighted by molar-refractivity contribution is -0.125. The Bertz CT molecular complexity index is 433. The third-order valence-corrected chi connectivity index (χ3v) is 4.86. The van der Waals surface area contributed by atoms with Gasteiger partial charge >= 0.3 is 6.03 Å². The number of carbonyl (C=O) groups excluding carboxylic acids is 2. The molecule has 2 fully saturated rings. The summed E-state index contributed by atoms with van der Waals surface area (Å²) in [5.41, 5.74) is 0.0566. The summed E-state index contributed by atoms with van der Waals surface area (Å²) >= 11 is 0. The highest BCUT2D eigenvalue weighted by molar-refractivity contribution is 5.87. The normalized spacial score (nSPS) is 32.1. The Morgan fingerprint density at radius 3 is 2.74 bits per heavy atom. The molecule has 6 nitrogen and oxygen atoms in total. The maximum atomic E-state index is 12.2. The number of hydrogen-bond donors (Lipinski definition) is 3. The Morgan fingerprint density at radius 2 is 2.09 bits per heavy atom. The molecule has 2 heterocycles. The first-order chi connectivity index (χ1) is 10.8. The molecule has 132 valence electrons. The van der Waals surface area contributed by atoms with E-state index in [1.54, 1.807) is 0 Å². The van der Waals surface area contributed by atoms with Crippen LogP contribution >= 0.6 is 0 Å². The van der Waals surface area contributed by atoms with Gasteiger partial charge in [0.05, 0.1) is 6.10 Å². The highest BCUT2D eigenvalue weighted by atomic mass is 16.5. The summed E-state index contributed by atoms with van der Waals surface area (Å²) < 4.78 is 5.94. The van der Waals surface area contributed by atoms with Crippen LogP contribution in [0.4, 0.5) is 4.79 Å². The van der Waals surface area contributed by atoms with Crippen LogP contribution in [0, 0.1) is 17.3 Å². The largest absolute Gasteiger partial charge is 0.377 e. The molecular formula is C17H31N3O3. The molecule has 0 aromatic carbocycles. The Balaban J connectivity index is 1.84. The van der Waals surface area contributed by atoms with Gasteiger partial charge in [-0.25, -0.2) is 4.79 Å². The van der Waals surface area contributed by atoms with Crippen molar-refractivity contribution in [3.8, 4) is 0 Å². The molecule has 3 N–H and O–H groups in total. The van der Waals surface area contributed by atoms with Crippen LogP contribution in [0.5, 0.6) is 0 Å². The summed E-state index contributed by atoms with van der Waals surface area (Å²) in [7, 11) is 0. The summed E-state index contributed by atoms with van der Waals surface area (Å²) in [6.07, 6.45) is 3.12. The Kier molecular flexibility index (Phi) is 5.89. The fraction of sp³-hybridized carbons (Fsp3) is 0.882. The van der Waals surface area contributed by atoms with Gasteiger partial charge in [0, 0.05) is 25.6 Å². The van der Waals surface area contributed by atoms with E-state index < -0.39 is 6.04 Å². The number of ether oxygens (including phenoxy) is 1. The van der Waals surface area contributed by atoms with E-state index in [2.05, 4.69) is 36.7 Å². The SMILES string of the molecule is C[C@@H]1CCNC(=O)[C@@H]1NC(=O)NC[C@H]1CCCO[C@H]1C(C)(C)C. The van der Waals surface area contributed by atoms with Gasteiger partial charge in [-0.2, -0.15) is 0 Å². The molecular weight excluding hydrogens is 294 g/mol. The molecule has 2 aliphatic rings. The van der Waals surface area contributed by atoms with Gasteiger partial charge in [0.15, 0.2) is 0 Å². The standard InChI is InChI=1S/C17H31N3O3/c1-11-7-8-18-15(21)13(11)20-16(22)19-10-12-6-5-9-23-14(12)17(2,3)4/h11-14H,5-10H2,1-4H3,(H,18,21)(H2,19,20,22)/t11-,12-,13-,14-/m1/s1. The predicted molar refractivity (Wildman–Crippen MR) is 89.0 cm³/mol. The molecule has 2 rings (SSSR count). The summed E-state index contributed by atoms with van der Waals surface area (Å²) in [5.74, 6) is 0.384. The van der Waals surface area contributed by atoms with Crippen LogP contribution in [-0.4, -0.2) is 43.8 Å². The van der Waals surface area contributed by atoms with Gasteiger partial charge < -0.3 is 20.7 Å². The van der Waals surface area contributed by atoms with Crippen molar-refractivity contribution in [2.45, 2.75) is 59.1 Å². The second kappa shape index (κ2) is 7.51. The maximum absolute atomic E-state index is 12.2. The highest BCUT2D eigenvalue weighted by Gasteiger charge is 2.36. The molecule has 0 spiro atoms. The second-order valence-electron chi connectivity index (χ2n) is 7.95. The third kappa shape index (κ3) is 4.83. The summed E-state index contributed by atoms with van der Waals surface area (Å²) in [5, 5.41) is 8.54. The van der Waals surface area contributed by atoms with E-state index >= 15 is 0 Å². The van der Waals surface area contributed by atoms with Crippen LogP contribution in [0.15, 0.2) is 0 Å². The number of hydrogen-bond acceptors (Lipinski definition) is 3. The van der Waals surface area contributed by atoms with Crippen LogP contribution in [-0.2, 0) is 9.53 Å². The van der Waals surface area contributed by atoms with Gasteiger partial charge in [-0.15, -0.1) is 0 Å². The van der Waals surface area contributed by atoms with E-state index in [0.717, 1.165) is 25.9 Å². The van der Waals surface area contributed by atoms with Gasteiger partial charge in [0.25, 0.3) is 0 Å². The minimum absolute atomic E-state index is 0.0566. The molecule has 0 aromatic rings. The molecule has 0 aliphatic carbocycles. The van der Waals surface area contributed by atoms with Gasteiger partial charge in [-0.3, -0.25) is 4.79 Å². The molecule has 6 heteroatoms. The molecule has 0 radical (unpaired) electrons. The van der Waals surface area contributed by atoms with Crippen LogP contribution in [0.25, 0.3) is 0 Å². The van der Waals surface area contributed by atoms with Crippen molar-refractivity contribution in [3.63, 3.8) is 0 Å². The van der Waals surface area contributed by atoms with Crippen LogP contribution in [0.1, 0.15) is 47.0 Å². The average molecular weight is 325 g/mol. The zero-order valence-electron chi connectivity index (χ0n) is 14.8. The quantitative estimate of drug-likeness (QED) is 0.738. The Labute approximate surface area is 139 Å². The summed E-state index contributed by atoms with van der Waals surface area (Å²) in [6.45, 7) is 10.6. The van der Waals surface area contributed by atoms with Gasteiger partial charge in [0.1, 0.15) is 6.04 Å². The van der Waals surface area contributed by atoms with Crippen LogP contribution in [0.2, 0.25) is 0 Å². The summed E-state index contributed by atoms with van der Waals surface area (Å²) in [4.78, 5) is 24.0. The fourth-order valence-corrected chi connectivity index (χ4v) is 3.59. The fourth-order valence-electron chi connectivity index (χ4n) is 3.59. The lowest BCUT2D eigenvalue weighted by atomic mass is 9.78. The van der Waals surface area contributed by atoms with E-state index in [1.807, 2.05) is 6.92 Å². The van der Waals surface area contributed by atoms with Crippen molar-refractivity contribution >= 4 is 11.9 Å². The van der Waals surface area contributed by atoms with Gasteiger partial charge in [-0.05, 0) is 30.6 Å². The number of urea groups is 1. The van der Waals surface area contributed by atoms with Crippen LogP contribution in [0.3, 0.4) is 0 Å². The van der Waals surface area contributed by atoms with Crippen molar-refractivity contribution in [3.05, 3.63) is 0 Å². The number of rotatable bonds is 3. The predicted octanol–water partition coefficient (Wildman–Crippen LogP) is 1.65. The Morgan fingerprint density at radius 1 is 1.35 bits per heavy atom. The minimum atomic E-state index is -0.440. The van der Waals surface area contributed by atoms with Crippen molar-refractivity contribution in [2.75, 3.05) is 19.7 Å². The molecule has 2 saturated heterocycles. The maximum Gasteiger partial charge on any atom is 0.315 e. The average Bonchev–Trinajstić information content (AvgIpc) is 2.48. The first kappa shape index (κ1) is 18.0. The van der Waals surface area contributed by atoms with Crippen molar-refractivity contribution in [1.29, 1.82) is 0 Å². The Hall–Kier alpha value is -1.30. The molecule has 0 bridgehead atoms. The number of amides is 3. The van der Waals surface area contributed by atoms with Gasteiger partial charge in [0.2, 0.25) is 5.91 Å². The topological polar surface area (TPSA) is 79.5 Å². The molecule has 2 aliphatic heterocycles. The zero-order valence-corrected chi connectivity index (χ0v) is 14.8. The number of carbonyl (C=O) groups is 2. The smallest absolute Gasteiger partial charge is 0.315 e. The van der Waals surface area contributed by atoms with Crippen LogP contribution < -0.4 is 16.0 Å². The minimum Gasteiger partial charge on any atom is -0.377 e. The van der Waals surface area contributed by atoms with E-state index in [-0.39, 0.29) is 29.4 Å². The lowest BCUT2D eigenvalue weighted by Gasteiger charge is -2.40. The zero-order chi connectivity index (χ0) is 17.0. The molecule has 3 amide bonds. The monoisotopic (exact) mass is 325 g/mol. The van der Waals surface area contributed by atoms with E-state index in [1.165, 1.54) is 0 Å². The lowest BCUT2D eigenvalue weighted by Crippen LogP contribution is -2.57. The van der Waals surface area contributed by atoms with E-state index in [4.69, 9.17) is 4.74 Å². The van der Waals surface area contributed by atoms with Crippen molar-refractivity contribution in [2.24, 2.45) is 17.3 Å². The molecule has 0 unspecified atom stereocenters. The van der Waals surface area contributed by atoms with E-state index in [9.17, 15) is 9.59 Å². The first-order valence-corrected chi connectivity index (χ1v) is 8.72. The number of nitrogens with one attached hydrogen (secondary N) is 3. The molecule has 0 saturated carbocycles. The highest BCUT2D eigenvalue weighted by Crippen LogP contribution is 2.33. The van der Waals surface area contributed by atoms with E-state index in [0.29, 0.717) is 19.0 Å².